The molecule has 1 aromatic heterocycles. The fraction of sp³-hybridized carbons (Fsp3) is 0.353. The lowest BCUT2D eigenvalue weighted by Crippen LogP contribution is -2.19. The molecule has 1 heterocycles. The molecule has 0 saturated heterocycles. The van der Waals surface area contributed by atoms with Gasteiger partial charge in [-0.15, -0.1) is 11.3 Å². The van der Waals surface area contributed by atoms with Gasteiger partial charge in [-0.1, -0.05) is 24.6 Å². The van der Waals surface area contributed by atoms with Crippen molar-refractivity contribution < 1.29 is 13.2 Å². The van der Waals surface area contributed by atoms with Gasteiger partial charge >= 0.3 is 0 Å². The Hall–Kier alpha value is -1.86. The SMILES string of the molecule is Cc1ccc(S(=O)(=O)Nc2sc3c(c2C(N)=O)CCC(C)C3)cc1. The number of fused-ring (bicyclic) bond motifs is 1. The predicted molar refractivity (Wildman–Crippen MR) is 96.0 cm³/mol. The fourth-order valence-corrected chi connectivity index (χ4v) is 5.70. The van der Waals surface area contributed by atoms with E-state index in [9.17, 15) is 13.2 Å². The number of primary amides is 1. The Balaban J connectivity index is 2.00. The molecule has 1 aliphatic carbocycles. The summed E-state index contributed by atoms with van der Waals surface area (Å²) in [5, 5.41) is 0.335. The summed E-state index contributed by atoms with van der Waals surface area (Å²) in [5.41, 5.74) is 7.75. The molecule has 24 heavy (non-hydrogen) atoms. The van der Waals surface area contributed by atoms with E-state index in [0.29, 0.717) is 16.5 Å². The summed E-state index contributed by atoms with van der Waals surface area (Å²) in [4.78, 5) is 13.1. The van der Waals surface area contributed by atoms with Crippen LogP contribution in [-0.4, -0.2) is 14.3 Å². The average Bonchev–Trinajstić information content (AvgIpc) is 2.83. The maximum Gasteiger partial charge on any atom is 0.262 e. The summed E-state index contributed by atoms with van der Waals surface area (Å²) in [6, 6.07) is 6.59. The van der Waals surface area contributed by atoms with Crippen LogP contribution < -0.4 is 10.5 Å². The second-order valence-corrected chi connectivity index (χ2v) is 9.13. The van der Waals surface area contributed by atoms with Crippen LogP contribution in [0, 0.1) is 12.8 Å². The van der Waals surface area contributed by atoms with Crippen LogP contribution in [0.4, 0.5) is 5.00 Å². The van der Waals surface area contributed by atoms with Crippen LogP contribution in [0.1, 0.15) is 39.7 Å². The minimum absolute atomic E-state index is 0.170. The summed E-state index contributed by atoms with van der Waals surface area (Å²) in [6.07, 6.45) is 2.60. The van der Waals surface area contributed by atoms with E-state index in [1.807, 2.05) is 6.92 Å². The highest BCUT2D eigenvalue weighted by Gasteiger charge is 2.28. The highest BCUT2D eigenvalue weighted by Crippen LogP contribution is 2.40. The second kappa shape index (κ2) is 6.22. The van der Waals surface area contributed by atoms with E-state index in [-0.39, 0.29) is 4.90 Å². The van der Waals surface area contributed by atoms with Crippen molar-refractivity contribution in [1.82, 2.24) is 0 Å². The number of aryl methyl sites for hydroxylation is 1. The third kappa shape index (κ3) is 3.18. The first-order chi connectivity index (χ1) is 11.3. The van der Waals surface area contributed by atoms with E-state index in [0.717, 1.165) is 35.3 Å². The molecule has 1 amide bonds. The summed E-state index contributed by atoms with van der Waals surface area (Å²) >= 11 is 1.33. The van der Waals surface area contributed by atoms with Crippen LogP contribution in [0.5, 0.6) is 0 Å². The molecular formula is C17H20N2O3S2. The third-order valence-corrected chi connectivity index (χ3v) is 6.98. The van der Waals surface area contributed by atoms with E-state index in [4.69, 9.17) is 5.73 Å². The minimum Gasteiger partial charge on any atom is -0.365 e. The Labute approximate surface area is 145 Å². The molecule has 3 N–H and O–H groups in total. The molecule has 0 saturated carbocycles. The number of amides is 1. The zero-order valence-corrected chi connectivity index (χ0v) is 15.3. The van der Waals surface area contributed by atoms with E-state index in [2.05, 4.69) is 11.6 Å². The lowest BCUT2D eigenvalue weighted by atomic mass is 9.88. The predicted octanol–water partition coefficient (Wildman–Crippen LogP) is 3.08. The summed E-state index contributed by atoms with van der Waals surface area (Å²) < 4.78 is 27.8. The number of carbonyl (C=O) groups is 1. The number of rotatable bonds is 4. The van der Waals surface area contributed by atoms with Gasteiger partial charge in [-0.05, 0) is 49.8 Å². The number of carbonyl (C=O) groups excluding carboxylic acids is 1. The van der Waals surface area contributed by atoms with E-state index in [1.165, 1.54) is 11.3 Å². The van der Waals surface area contributed by atoms with Gasteiger partial charge in [-0.25, -0.2) is 8.42 Å². The molecule has 7 heteroatoms. The van der Waals surface area contributed by atoms with Gasteiger partial charge in [-0.2, -0.15) is 0 Å². The van der Waals surface area contributed by atoms with Crippen molar-refractivity contribution in [3.8, 4) is 0 Å². The van der Waals surface area contributed by atoms with Crippen LogP contribution in [0.15, 0.2) is 29.2 Å². The lowest BCUT2D eigenvalue weighted by molar-refractivity contribution is 0.100. The first-order valence-electron chi connectivity index (χ1n) is 7.81. The third-order valence-electron chi connectivity index (χ3n) is 4.32. The molecule has 0 fully saturated rings. The van der Waals surface area contributed by atoms with Gasteiger partial charge in [0.25, 0.3) is 15.9 Å². The monoisotopic (exact) mass is 364 g/mol. The Morgan fingerprint density at radius 2 is 1.96 bits per heavy atom. The van der Waals surface area contributed by atoms with Gasteiger partial charge in [0.2, 0.25) is 0 Å². The molecule has 5 nitrogen and oxygen atoms in total. The molecular weight excluding hydrogens is 344 g/mol. The van der Waals surface area contributed by atoms with Crippen molar-refractivity contribution in [3.05, 3.63) is 45.8 Å². The first kappa shape index (κ1) is 17.0. The van der Waals surface area contributed by atoms with Gasteiger partial charge in [0.15, 0.2) is 0 Å². The Kier molecular flexibility index (Phi) is 4.40. The van der Waals surface area contributed by atoms with Crippen molar-refractivity contribution in [2.45, 2.75) is 38.0 Å². The van der Waals surface area contributed by atoms with Gasteiger partial charge in [0.05, 0.1) is 10.5 Å². The zero-order chi connectivity index (χ0) is 17.5. The molecule has 0 bridgehead atoms. The maximum absolute atomic E-state index is 12.6. The summed E-state index contributed by atoms with van der Waals surface area (Å²) in [6.45, 7) is 4.05. The van der Waals surface area contributed by atoms with Gasteiger partial charge < -0.3 is 5.73 Å². The van der Waals surface area contributed by atoms with Crippen molar-refractivity contribution in [2.75, 3.05) is 4.72 Å². The molecule has 1 aliphatic rings. The molecule has 0 spiro atoms. The molecule has 128 valence electrons. The number of hydrogen-bond acceptors (Lipinski definition) is 4. The van der Waals surface area contributed by atoms with Gasteiger partial charge in [0.1, 0.15) is 5.00 Å². The number of nitrogens with one attached hydrogen (secondary N) is 1. The Morgan fingerprint density at radius 1 is 1.29 bits per heavy atom. The van der Waals surface area contributed by atoms with Crippen LogP contribution in [-0.2, 0) is 22.9 Å². The smallest absolute Gasteiger partial charge is 0.262 e. The molecule has 0 aliphatic heterocycles. The van der Waals surface area contributed by atoms with Crippen LogP contribution in [0.25, 0.3) is 0 Å². The molecule has 1 atom stereocenters. The van der Waals surface area contributed by atoms with E-state index >= 15 is 0 Å². The summed E-state index contributed by atoms with van der Waals surface area (Å²) in [7, 11) is -3.75. The second-order valence-electron chi connectivity index (χ2n) is 6.34. The van der Waals surface area contributed by atoms with E-state index < -0.39 is 15.9 Å². The molecule has 1 aromatic carbocycles. The number of sulfonamides is 1. The summed E-state index contributed by atoms with van der Waals surface area (Å²) in [5.74, 6) is -0.0536. The highest BCUT2D eigenvalue weighted by molar-refractivity contribution is 7.93. The minimum atomic E-state index is -3.75. The topological polar surface area (TPSA) is 89.3 Å². The largest absolute Gasteiger partial charge is 0.365 e. The average molecular weight is 364 g/mol. The van der Waals surface area contributed by atoms with Crippen LogP contribution >= 0.6 is 11.3 Å². The fourth-order valence-electron chi connectivity index (χ4n) is 2.98. The van der Waals surface area contributed by atoms with Crippen molar-refractivity contribution >= 4 is 32.3 Å². The van der Waals surface area contributed by atoms with Gasteiger partial charge in [-0.3, -0.25) is 9.52 Å². The molecule has 1 unspecified atom stereocenters. The number of benzene rings is 1. The van der Waals surface area contributed by atoms with Crippen molar-refractivity contribution in [3.63, 3.8) is 0 Å². The Morgan fingerprint density at radius 3 is 2.58 bits per heavy atom. The number of nitrogens with two attached hydrogens (primary N) is 1. The number of thiophene rings is 1. The van der Waals surface area contributed by atoms with Crippen LogP contribution in [0.2, 0.25) is 0 Å². The highest BCUT2D eigenvalue weighted by atomic mass is 32.2. The molecule has 2 aromatic rings. The molecule has 0 radical (unpaired) electrons. The number of anilines is 1. The lowest BCUT2D eigenvalue weighted by Gasteiger charge is -2.18. The zero-order valence-electron chi connectivity index (χ0n) is 13.6. The number of hydrogen-bond donors (Lipinski definition) is 2. The van der Waals surface area contributed by atoms with E-state index in [1.54, 1.807) is 24.3 Å². The molecule has 3 rings (SSSR count). The van der Waals surface area contributed by atoms with Crippen molar-refractivity contribution in [1.29, 1.82) is 0 Å². The first-order valence-corrected chi connectivity index (χ1v) is 10.1. The Bertz CT molecular complexity index is 883. The quantitative estimate of drug-likeness (QED) is 0.874. The van der Waals surface area contributed by atoms with Gasteiger partial charge in [0, 0.05) is 4.88 Å². The van der Waals surface area contributed by atoms with Crippen LogP contribution in [0.3, 0.4) is 0 Å². The maximum atomic E-state index is 12.6. The van der Waals surface area contributed by atoms with Crippen molar-refractivity contribution in [2.24, 2.45) is 11.7 Å². The standard InChI is InChI=1S/C17H20N2O3S2/c1-10-3-6-12(7-4-10)24(21,22)19-17-15(16(18)20)13-8-5-11(2)9-14(13)23-17/h3-4,6-7,11,19H,5,8-9H2,1-2H3,(H2,18,20). The normalized spacial score (nSPS) is 17.3.